The molecule has 0 amide bonds. The molecule has 0 aromatic carbocycles. The first-order valence-corrected chi connectivity index (χ1v) is 4.92. The summed E-state index contributed by atoms with van der Waals surface area (Å²) in [7, 11) is 0. The SMILES string of the molecule is CC(O)CO[C@@H]1O[C@H](C)[C@@H](O)[C@@H](O)[C@@H]1O. The Morgan fingerprint density at radius 2 is 1.80 bits per heavy atom. The van der Waals surface area contributed by atoms with Crippen molar-refractivity contribution in [2.75, 3.05) is 6.61 Å². The summed E-state index contributed by atoms with van der Waals surface area (Å²) in [6.07, 6.45) is -6.07. The lowest BCUT2D eigenvalue weighted by atomic mass is 10.0. The summed E-state index contributed by atoms with van der Waals surface area (Å²) >= 11 is 0. The van der Waals surface area contributed by atoms with E-state index in [4.69, 9.17) is 14.6 Å². The maximum atomic E-state index is 9.50. The zero-order valence-corrected chi connectivity index (χ0v) is 8.78. The molecular formula is C9H18O6. The average molecular weight is 222 g/mol. The summed E-state index contributed by atoms with van der Waals surface area (Å²) in [4.78, 5) is 0. The van der Waals surface area contributed by atoms with Crippen molar-refractivity contribution < 1.29 is 29.9 Å². The number of hydrogen-bond donors (Lipinski definition) is 4. The van der Waals surface area contributed by atoms with Gasteiger partial charge in [-0.3, -0.25) is 0 Å². The molecule has 6 heteroatoms. The minimum atomic E-state index is -1.31. The molecule has 6 atom stereocenters. The van der Waals surface area contributed by atoms with E-state index in [-0.39, 0.29) is 6.61 Å². The van der Waals surface area contributed by atoms with Crippen molar-refractivity contribution >= 4 is 0 Å². The Hall–Kier alpha value is -0.240. The van der Waals surface area contributed by atoms with Crippen molar-refractivity contribution in [2.24, 2.45) is 0 Å². The summed E-state index contributed by atoms with van der Waals surface area (Å²) in [5.74, 6) is 0. The molecule has 0 aliphatic carbocycles. The van der Waals surface area contributed by atoms with Crippen LogP contribution in [0.5, 0.6) is 0 Å². The molecule has 90 valence electrons. The molecule has 1 aliphatic heterocycles. The second-order valence-corrected chi connectivity index (χ2v) is 3.86. The Kier molecular flexibility index (Phi) is 4.45. The molecule has 6 nitrogen and oxygen atoms in total. The van der Waals surface area contributed by atoms with Gasteiger partial charge in [0.1, 0.15) is 18.3 Å². The standard InChI is InChI=1S/C9H18O6/c1-4(10)3-14-9-8(13)7(12)6(11)5(2)15-9/h4-13H,3H2,1-2H3/t4?,5-,6-,7-,8+,9-/m1/s1. The van der Waals surface area contributed by atoms with Gasteiger partial charge in [0.05, 0.1) is 18.8 Å². The van der Waals surface area contributed by atoms with Crippen LogP contribution >= 0.6 is 0 Å². The number of aliphatic hydroxyl groups is 4. The maximum Gasteiger partial charge on any atom is 0.186 e. The van der Waals surface area contributed by atoms with Gasteiger partial charge in [0.2, 0.25) is 0 Å². The largest absolute Gasteiger partial charge is 0.391 e. The van der Waals surface area contributed by atoms with Gasteiger partial charge in [-0.2, -0.15) is 0 Å². The van der Waals surface area contributed by atoms with Gasteiger partial charge in [0, 0.05) is 0 Å². The topological polar surface area (TPSA) is 99.4 Å². The summed E-state index contributed by atoms with van der Waals surface area (Å²) < 4.78 is 10.2. The van der Waals surface area contributed by atoms with E-state index in [1.165, 1.54) is 6.92 Å². The lowest BCUT2D eigenvalue weighted by Crippen LogP contribution is -2.57. The fourth-order valence-corrected chi connectivity index (χ4v) is 1.39. The third-order valence-corrected chi connectivity index (χ3v) is 2.31. The van der Waals surface area contributed by atoms with Gasteiger partial charge < -0.3 is 29.9 Å². The Bertz CT molecular complexity index is 197. The van der Waals surface area contributed by atoms with Crippen LogP contribution in [0.4, 0.5) is 0 Å². The van der Waals surface area contributed by atoms with E-state index in [1.807, 2.05) is 0 Å². The Labute approximate surface area is 88.1 Å². The molecule has 0 aromatic heterocycles. The number of ether oxygens (including phenoxy) is 2. The average Bonchev–Trinajstić information content (AvgIpc) is 2.18. The summed E-state index contributed by atoms with van der Waals surface area (Å²) in [5.41, 5.74) is 0. The van der Waals surface area contributed by atoms with Crippen LogP contribution in [0.3, 0.4) is 0 Å². The highest BCUT2D eigenvalue weighted by atomic mass is 16.7. The van der Waals surface area contributed by atoms with E-state index in [1.54, 1.807) is 6.92 Å². The second-order valence-electron chi connectivity index (χ2n) is 3.86. The highest BCUT2D eigenvalue weighted by Gasteiger charge is 2.42. The third-order valence-electron chi connectivity index (χ3n) is 2.31. The molecule has 15 heavy (non-hydrogen) atoms. The van der Waals surface area contributed by atoms with Gasteiger partial charge in [-0.15, -0.1) is 0 Å². The number of rotatable bonds is 3. The number of aliphatic hydroxyl groups excluding tert-OH is 4. The lowest BCUT2D eigenvalue weighted by Gasteiger charge is -2.39. The van der Waals surface area contributed by atoms with Crippen molar-refractivity contribution in [1.82, 2.24) is 0 Å². The van der Waals surface area contributed by atoms with Gasteiger partial charge in [0.15, 0.2) is 6.29 Å². The van der Waals surface area contributed by atoms with Crippen LogP contribution < -0.4 is 0 Å². The molecule has 1 heterocycles. The van der Waals surface area contributed by atoms with Crippen LogP contribution in [0.15, 0.2) is 0 Å². The van der Waals surface area contributed by atoms with Crippen molar-refractivity contribution in [2.45, 2.75) is 50.7 Å². The monoisotopic (exact) mass is 222 g/mol. The highest BCUT2D eigenvalue weighted by molar-refractivity contribution is 4.87. The molecule has 4 N–H and O–H groups in total. The first kappa shape index (κ1) is 12.8. The predicted molar refractivity (Wildman–Crippen MR) is 50.0 cm³/mol. The van der Waals surface area contributed by atoms with Crippen LogP contribution in [-0.4, -0.2) is 63.8 Å². The Morgan fingerprint density at radius 1 is 1.20 bits per heavy atom. The summed E-state index contributed by atoms with van der Waals surface area (Å²) in [6.45, 7) is 3.10. The molecule has 1 aliphatic rings. The molecule has 0 radical (unpaired) electrons. The molecule has 0 spiro atoms. The first-order chi connectivity index (χ1) is 6.93. The molecular weight excluding hydrogens is 204 g/mol. The lowest BCUT2D eigenvalue weighted by molar-refractivity contribution is -0.296. The molecule has 1 fully saturated rings. The van der Waals surface area contributed by atoms with Crippen molar-refractivity contribution in [3.05, 3.63) is 0 Å². The third kappa shape index (κ3) is 3.10. The first-order valence-electron chi connectivity index (χ1n) is 4.92. The quantitative estimate of drug-likeness (QED) is 0.450. The van der Waals surface area contributed by atoms with E-state index in [0.717, 1.165) is 0 Å². The van der Waals surface area contributed by atoms with Gasteiger partial charge in [0.25, 0.3) is 0 Å². The molecule has 1 saturated heterocycles. The predicted octanol–water partition coefficient (Wildman–Crippen LogP) is -1.79. The Morgan fingerprint density at radius 3 is 2.33 bits per heavy atom. The van der Waals surface area contributed by atoms with Gasteiger partial charge in [-0.05, 0) is 13.8 Å². The van der Waals surface area contributed by atoms with Crippen LogP contribution in [0.1, 0.15) is 13.8 Å². The maximum absolute atomic E-state index is 9.50. The van der Waals surface area contributed by atoms with Crippen LogP contribution in [0.2, 0.25) is 0 Å². The fourth-order valence-electron chi connectivity index (χ4n) is 1.39. The van der Waals surface area contributed by atoms with Crippen LogP contribution in [-0.2, 0) is 9.47 Å². The van der Waals surface area contributed by atoms with Gasteiger partial charge in [-0.1, -0.05) is 0 Å². The number of hydrogen-bond acceptors (Lipinski definition) is 6. The minimum Gasteiger partial charge on any atom is -0.391 e. The molecule has 1 unspecified atom stereocenters. The van der Waals surface area contributed by atoms with Crippen LogP contribution in [0, 0.1) is 0 Å². The molecule has 0 bridgehead atoms. The van der Waals surface area contributed by atoms with E-state index >= 15 is 0 Å². The zero-order valence-electron chi connectivity index (χ0n) is 8.78. The second kappa shape index (κ2) is 5.20. The van der Waals surface area contributed by atoms with Crippen molar-refractivity contribution in [3.8, 4) is 0 Å². The minimum absolute atomic E-state index is 0.00272. The molecule has 1 rings (SSSR count). The van der Waals surface area contributed by atoms with Crippen molar-refractivity contribution in [1.29, 1.82) is 0 Å². The van der Waals surface area contributed by atoms with Gasteiger partial charge in [-0.25, -0.2) is 0 Å². The summed E-state index contributed by atoms with van der Waals surface area (Å²) in [6, 6.07) is 0. The van der Waals surface area contributed by atoms with E-state index in [9.17, 15) is 15.3 Å². The van der Waals surface area contributed by atoms with Crippen molar-refractivity contribution in [3.63, 3.8) is 0 Å². The molecule has 0 saturated carbocycles. The highest BCUT2D eigenvalue weighted by Crippen LogP contribution is 2.21. The smallest absolute Gasteiger partial charge is 0.186 e. The molecule has 0 aromatic rings. The fraction of sp³-hybridized carbons (Fsp3) is 1.00. The zero-order chi connectivity index (χ0) is 11.6. The van der Waals surface area contributed by atoms with E-state index in [2.05, 4.69) is 0 Å². The van der Waals surface area contributed by atoms with Crippen LogP contribution in [0.25, 0.3) is 0 Å². The Balaban J connectivity index is 2.51. The van der Waals surface area contributed by atoms with Gasteiger partial charge >= 0.3 is 0 Å². The normalized spacial score (nSPS) is 44.0. The summed E-state index contributed by atoms with van der Waals surface area (Å²) in [5, 5.41) is 37.3. The van der Waals surface area contributed by atoms with E-state index < -0.39 is 36.8 Å². The van der Waals surface area contributed by atoms with E-state index in [0.29, 0.717) is 0 Å².